The molecule has 1 aromatic rings. The zero-order chi connectivity index (χ0) is 9.26. The van der Waals surface area contributed by atoms with Crippen molar-refractivity contribution in [3.63, 3.8) is 0 Å². The van der Waals surface area contributed by atoms with Gasteiger partial charge in [0.25, 0.3) is 5.91 Å². The fourth-order valence-electron chi connectivity index (χ4n) is 1.50. The molecule has 1 aromatic carbocycles. The molecule has 0 unspecified atom stereocenters. The summed E-state index contributed by atoms with van der Waals surface area (Å²) in [7, 11) is 0. The van der Waals surface area contributed by atoms with Gasteiger partial charge in [0.15, 0.2) is 0 Å². The Bertz CT molecular complexity index is 342. The molecule has 0 spiro atoms. The molecule has 0 radical (unpaired) electrons. The van der Waals surface area contributed by atoms with Crippen molar-refractivity contribution >= 4 is 11.6 Å². The van der Waals surface area contributed by atoms with Crippen LogP contribution in [0, 0.1) is 0 Å². The van der Waals surface area contributed by atoms with Crippen molar-refractivity contribution in [1.82, 2.24) is 0 Å². The monoisotopic (exact) mass is 173 g/mol. The number of anilines is 1. The Hall–Kier alpha value is -1.57. The van der Waals surface area contributed by atoms with Crippen LogP contribution in [0.4, 0.5) is 5.69 Å². The summed E-state index contributed by atoms with van der Waals surface area (Å²) in [6.45, 7) is 4.49. The number of hydrogen-bond donors (Lipinski definition) is 0. The molecule has 1 heterocycles. The van der Waals surface area contributed by atoms with Gasteiger partial charge in [0.2, 0.25) is 0 Å². The summed E-state index contributed by atoms with van der Waals surface area (Å²) in [6.07, 6.45) is 0.785. The topological polar surface area (TPSA) is 20.3 Å². The summed E-state index contributed by atoms with van der Waals surface area (Å²) in [6, 6.07) is 9.69. The number of hydrogen-bond acceptors (Lipinski definition) is 1. The Balaban J connectivity index is 2.29. The molecule has 1 fully saturated rings. The van der Waals surface area contributed by atoms with E-state index in [-0.39, 0.29) is 5.91 Å². The SMILES string of the molecule is C=C1CCN(c2ccccc2)C1=O. The molecule has 0 aromatic heterocycles. The van der Waals surface area contributed by atoms with Crippen LogP contribution in [0.25, 0.3) is 0 Å². The van der Waals surface area contributed by atoms with E-state index < -0.39 is 0 Å². The van der Waals surface area contributed by atoms with Crippen molar-refractivity contribution in [3.05, 3.63) is 42.5 Å². The number of benzene rings is 1. The van der Waals surface area contributed by atoms with E-state index in [1.807, 2.05) is 30.3 Å². The molecule has 1 saturated heterocycles. The van der Waals surface area contributed by atoms with Crippen LogP contribution >= 0.6 is 0 Å². The van der Waals surface area contributed by atoms with E-state index in [4.69, 9.17) is 0 Å². The van der Waals surface area contributed by atoms with Crippen molar-refractivity contribution in [2.45, 2.75) is 6.42 Å². The van der Waals surface area contributed by atoms with Crippen LogP contribution in [0.15, 0.2) is 42.5 Å². The lowest BCUT2D eigenvalue weighted by molar-refractivity contribution is -0.114. The van der Waals surface area contributed by atoms with Crippen LogP contribution in [0.1, 0.15) is 6.42 Å². The standard InChI is InChI=1S/C11H11NO/c1-9-7-8-12(11(9)13)10-5-3-2-4-6-10/h2-6H,1,7-8H2. The molecular weight excluding hydrogens is 162 g/mol. The first-order chi connectivity index (χ1) is 6.29. The molecule has 1 aliphatic heterocycles. The summed E-state index contributed by atoms with van der Waals surface area (Å²) < 4.78 is 0. The molecule has 2 heteroatoms. The maximum absolute atomic E-state index is 11.5. The van der Waals surface area contributed by atoms with E-state index in [0.29, 0.717) is 5.57 Å². The molecule has 1 aliphatic rings. The molecule has 2 rings (SSSR count). The fraction of sp³-hybridized carbons (Fsp3) is 0.182. The van der Waals surface area contributed by atoms with E-state index in [1.54, 1.807) is 4.90 Å². The van der Waals surface area contributed by atoms with E-state index in [0.717, 1.165) is 18.7 Å². The third kappa shape index (κ3) is 1.35. The molecule has 66 valence electrons. The Kier molecular flexibility index (Phi) is 1.89. The molecular formula is C11H11NO. The van der Waals surface area contributed by atoms with E-state index >= 15 is 0 Å². The normalized spacial score (nSPS) is 16.8. The lowest BCUT2D eigenvalue weighted by atomic mass is 10.3. The van der Waals surface area contributed by atoms with Crippen molar-refractivity contribution in [3.8, 4) is 0 Å². The minimum atomic E-state index is 0.0613. The zero-order valence-corrected chi connectivity index (χ0v) is 7.36. The third-order valence-electron chi connectivity index (χ3n) is 2.25. The highest BCUT2D eigenvalue weighted by Gasteiger charge is 2.24. The van der Waals surface area contributed by atoms with Gasteiger partial charge in [0.05, 0.1) is 0 Å². The number of amides is 1. The van der Waals surface area contributed by atoms with Gasteiger partial charge >= 0.3 is 0 Å². The minimum Gasteiger partial charge on any atom is -0.308 e. The van der Waals surface area contributed by atoms with Gasteiger partial charge in [-0.15, -0.1) is 0 Å². The van der Waals surface area contributed by atoms with Gasteiger partial charge in [-0.05, 0) is 18.6 Å². The second kappa shape index (κ2) is 3.05. The van der Waals surface area contributed by atoms with Gasteiger partial charge in [0, 0.05) is 17.8 Å². The Labute approximate surface area is 77.5 Å². The van der Waals surface area contributed by atoms with Gasteiger partial charge in [-0.3, -0.25) is 4.79 Å². The van der Waals surface area contributed by atoms with Crippen LogP contribution in [0.2, 0.25) is 0 Å². The zero-order valence-electron chi connectivity index (χ0n) is 7.36. The van der Waals surface area contributed by atoms with E-state index in [2.05, 4.69) is 6.58 Å². The average Bonchev–Trinajstić information content (AvgIpc) is 2.49. The summed E-state index contributed by atoms with van der Waals surface area (Å²) in [5.41, 5.74) is 1.68. The molecule has 0 saturated carbocycles. The van der Waals surface area contributed by atoms with Crippen LogP contribution in [-0.2, 0) is 4.79 Å². The lowest BCUT2D eigenvalue weighted by Crippen LogP contribution is -2.23. The van der Waals surface area contributed by atoms with Gasteiger partial charge in [-0.25, -0.2) is 0 Å². The second-order valence-corrected chi connectivity index (χ2v) is 3.15. The average molecular weight is 173 g/mol. The third-order valence-corrected chi connectivity index (χ3v) is 2.25. The van der Waals surface area contributed by atoms with Crippen molar-refractivity contribution in [2.24, 2.45) is 0 Å². The Morgan fingerprint density at radius 1 is 1.23 bits per heavy atom. The quantitative estimate of drug-likeness (QED) is 0.595. The molecule has 0 atom stereocenters. The smallest absolute Gasteiger partial charge is 0.253 e. The first-order valence-corrected chi connectivity index (χ1v) is 4.34. The van der Waals surface area contributed by atoms with Crippen LogP contribution in [-0.4, -0.2) is 12.5 Å². The Morgan fingerprint density at radius 2 is 1.92 bits per heavy atom. The summed E-state index contributed by atoms with van der Waals surface area (Å²) >= 11 is 0. The van der Waals surface area contributed by atoms with Crippen molar-refractivity contribution in [1.29, 1.82) is 0 Å². The predicted molar refractivity (Wildman–Crippen MR) is 52.6 cm³/mol. The molecule has 13 heavy (non-hydrogen) atoms. The van der Waals surface area contributed by atoms with Crippen LogP contribution < -0.4 is 4.90 Å². The molecule has 0 bridgehead atoms. The maximum Gasteiger partial charge on any atom is 0.253 e. The van der Waals surface area contributed by atoms with Gasteiger partial charge in [0.1, 0.15) is 0 Å². The highest BCUT2D eigenvalue weighted by atomic mass is 16.2. The van der Waals surface area contributed by atoms with Gasteiger partial charge in [-0.2, -0.15) is 0 Å². The summed E-state index contributed by atoms with van der Waals surface area (Å²) in [5, 5.41) is 0. The van der Waals surface area contributed by atoms with Crippen molar-refractivity contribution < 1.29 is 4.79 Å². The van der Waals surface area contributed by atoms with E-state index in [9.17, 15) is 4.79 Å². The molecule has 2 nitrogen and oxygen atoms in total. The van der Waals surface area contributed by atoms with Crippen LogP contribution in [0.5, 0.6) is 0 Å². The number of para-hydroxylation sites is 1. The molecule has 1 amide bonds. The predicted octanol–water partition coefficient (Wildman–Crippen LogP) is 1.98. The lowest BCUT2D eigenvalue weighted by Gasteiger charge is -2.14. The number of nitrogens with zero attached hydrogens (tertiary/aromatic N) is 1. The highest BCUT2D eigenvalue weighted by molar-refractivity contribution is 6.07. The first kappa shape index (κ1) is 8.05. The second-order valence-electron chi connectivity index (χ2n) is 3.15. The summed E-state index contributed by atoms with van der Waals surface area (Å²) in [4.78, 5) is 13.3. The fourth-order valence-corrected chi connectivity index (χ4v) is 1.50. The molecule has 0 N–H and O–H groups in total. The van der Waals surface area contributed by atoms with Gasteiger partial charge in [-0.1, -0.05) is 24.8 Å². The molecule has 0 aliphatic carbocycles. The summed E-state index contributed by atoms with van der Waals surface area (Å²) in [5.74, 6) is 0.0613. The minimum absolute atomic E-state index is 0.0613. The maximum atomic E-state index is 11.5. The largest absolute Gasteiger partial charge is 0.308 e. The highest BCUT2D eigenvalue weighted by Crippen LogP contribution is 2.22. The van der Waals surface area contributed by atoms with E-state index in [1.165, 1.54) is 0 Å². The van der Waals surface area contributed by atoms with Crippen molar-refractivity contribution in [2.75, 3.05) is 11.4 Å². The van der Waals surface area contributed by atoms with Gasteiger partial charge < -0.3 is 4.90 Å². The number of rotatable bonds is 1. The number of carbonyl (C=O) groups is 1. The van der Waals surface area contributed by atoms with Crippen LogP contribution in [0.3, 0.4) is 0 Å². The number of carbonyl (C=O) groups excluding carboxylic acids is 1. The Morgan fingerprint density at radius 3 is 2.46 bits per heavy atom. The first-order valence-electron chi connectivity index (χ1n) is 4.34.